The zero-order chi connectivity index (χ0) is 12.1. The van der Waals surface area contributed by atoms with E-state index in [1.54, 1.807) is 0 Å². The first kappa shape index (κ1) is 12.2. The average molecular weight is 283 g/mol. The van der Waals surface area contributed by atoms with Crippen molar-refractivity contribution in [1.82, 2.24) is 5.32 Å². The van der Waals surface area contributed by atoms with Crippen molar-refractivity contribution < 1.29 is 9.72 Å². The van der Waals surface area contributed by atoms with Crippen LogP contribution in [0.3, 0.4) is 0 Å². The molecule has 0 aliphatic rings. The van der Waals surface area contributed by atoms with Crippen molar-refractivity contribution in [3.63, 3.8) is 0 Å². The second-order valence-electron chi connectivity index (χ2n) is 2.78. The van der Waals surface area contributed by atoms with Crippen molar-refractivity contribution in [3.8, 4) is 12.3 Å². The number of halogens is 1. The van der Waals surface area contributed by atoms with Gasteiger partial charge in [-0.25, -0.2) is 0 Å². The van der Waals surface area contributed by atoms with Crippen LogP contribution in [0.15, 0.2) is 22.7 Å². The molecule has 0 aromatic heterocycles. The van der Waals surface area contributed by atoms with E-state index in [4.69, 9.17) is 6.42 Å². The lowest BCUT2D eigenvalue weighted by atomic mass is 10.2. The van der Waals surface area contributed by atoms with Gasteiger partial charge in [0.2, 0.25) is 0 Å². The van der Waals surface area contributed by atoms with E-state index in [9.17, 15) is 14.9 Å². The quantitative estimate of drug-likeness (QED) is 0.521. The van der Waals surface area contributed by atoms with E-state index in [1.165, 1.54) is 18.2 Å². The zero-order valence-electron chi connectivity index (χ0n) is 8.07. The highest BCUT2D eigenvalue weighted by Crippen LogP contribution is 2.27. The van der Waals surface area contributed by atoms with Crippen LogP contribution in [0.25, 0.3) is 0 Å². The van der Waals surface area contributed by atoms with E-state index >= 15 is 0 Å². The Bertz CT molecular complexity index is 479. The van der Waals surface area contributed by atoms with Gasteiger partial charge in [-0.3, -0.25) is 14.9 Å². The summed E-state index contributed by atoms with van der Waals surface area (Å²) in [5, 5.41) is 13.1. The van der Waals surface area contributed by atoms with Crippen molar-refractivity contribution in [2.45, 2.75) is 0 Å². The van der Waals surface area contributed by atoms with Gasteiger partial charge >= 0.3 is 0 Å². The minimum atomic E-state index is -0.567. The molecule has 5 nitrogen and oxygen atoms in total. The fourth-order valence-electron chi connectivity index (χ4n) is 1.06. The summed E-state index contributed by atoms with van der Waals surface area (Å²) in [6.45, 7) is 0.0773. The fraction of sp³-hybridized carbons (Fsp3) is 0.100. The fourth-order valence-corrected chi connectivity index (χ4v) is 1.65. The van der Waals surface area contributed by atoms with E-state index in [0.29, 0.717) is 0 Å². The third kappa shape index (κ3) is 2.58. The third-order valence-corrected chi connectivity index (χ3v) is 2.60. The summed E-state index contributed by atoms with van der Waals surface area (Å²) in [5.74, 6) is 1.79. The molecule has 0 fully saturated rings. The molecule has 0 radical (unpaired) electrons. The average Bonchev–Trinajstić information content (AvgIpc) is 2.25. The molecule has 1 aromatic carbocycles. The van der Waals surface area contributed by atoms with E-state index < -0.39 is 10.8 Å². The molecule has 0 bridgehead atoms. The second-order valence-corrected chi connectivity index (χ2v) is 3.58. The number of nitro groups is 1. The molecule has 0 saturated heterocycles. The Morgan fingerprint density at radius 3 is 2.88 bits per heavy atom. The third-order valence-electron chi connectivity index (χ3n) is 1.77. The Labute approximate surface area is 100 Å². The van der Waals surface area contributed by atoms with Gasteiger partial charge in [0, 0.05) is 6.07 Å². The maximum Gasteiger partial charge on any atom is 0.284 e. The molecular formula is C10H7BrN2O3. The summed E-state index contributed by atoms with van der Waals surface area (Å²) >= 11 is 3.02. The molecule has 0 spiro atoms. The van der Waals surface area contributed by atoms with Crippen molar-refractivity contribution >= 4 is 27.5 Å². The first-order chi connectivity index (χ1) is 7.57. The van der Waals surface area contributed by atoms with Crippen LogP contribution in [0.2, 0.25) is 0 Å². The van der Waals surface area contributed by atoms with Gasteiger partial charge < -0.3 is 5.32 Å². The number of hydrogen-bond donors (Lipinski definition) is 1. The van der Waals surface area contributed by atoms with E-state index in [-0.39, 0.29) is 22.3 Å². The molecular weight excluding hydrogens is 276 g/mol. The Hall–Kier alpha value is -1.87. The second kappa shape index (κ2) is 5.28. The number of terminal acetylenes is 1. The van der Waals surface area contributed by atoms with Crippen LogP contribution >= 0.6 is 15.9 Å². The summed E-state index contributed by atoms with van der Waals surface area (Å²) in [5.41, 5.74) is 0.0257. The lowest BCUT2D eigenvalue weighted by Crippen LogP contribution is -2.24. The van der Waals surface area contributed by atoms with Gasteiger partial charge in [-0.15, -0.1) is 6.42 Å². The number of nitrogens with zero attached hydrogens (tertiary/aromatic N) is 1. The van der Waals surface area contributed by atoms with Crippen molar-refractivity contribution in [1.29, 1.82) is 0 Å². The topological polar surface area (TPSA) is 72.2 Å². The van der Waals surface area contributed by atoms with Gasteiger partial charge in [0.25, 0.3) is 11.6 Å². The first-order valence-electron chi connectivity index (χ1n) is 4.22. The Morgan fingerprint density at radius 1 is 1.62 bits per heavy atom. The molecule has 1 rings (SSSR count). The summed E-state index contributed by atoms with van der Waals surface area (Å²) in [7, 11) is 0. The first-order valence-corrected chi connectivity index (χ1v) is 5.01. The van der Waals surface area contributed by atoms with Crippen LogP contribution in [0, 0.1) is 22.5 Å². The number of hydrogen-bond acceptors (Lipinski definition) is 3. The van der Waals surface area contributed by atoms with Crippen LogP contribution in [0.4, 0.5) is 5.69 Å². The predicted octanol–water partition coefficient (Wildman–Crippen LogP) is 1.72. The van der Waals surface area contributed by atoms with Gasteiger partial charge in [0.15, 0.2) is 0 Å². The van der Waals surface area contributed by atoms with Crippen LogP contribution in [0.5, 0.6) is 0 Å². The normalized spacial score (nSPS) is 9.25. The highest BCUT2D eigenvalue weighted by molar-refractivity contribution is 9.10. The summed E-state index contributed by atoms with van der Waals surface area (Å²) in [4.78, 5) is 21.6. The Kier molecular flexibility index (Phi) is 4.03. The lowest BCUT2D eigenvalue weighted by molar-refractivity contribution is -0.385. The number of rotatable bonds is 3. The number of amides is 1. The van der Waals surface area contributed by atoms with Crippen molar-refractivity contribution in [2.75, 3.05) is 6.54 Å². The number of carbonyl (C=O) groups excluding carboxylic acids is 1. The molecule has 0 aliphatic heterocycles. The minimum Gasteiger partial charge on any atom is -0.341 e. The zero-order valence-corrected chi connectivity index (χ0v) is 9.65. The van der Waals surface area contributed by atoms with Crippen molar-refractivity contribution in [3.05, 3.63) is 38.3 Å². The van der Waals surface area contributed by atoms with Gasteiger partial charge in [0.1, 0.15) is 4.47 Å². The van der Waals surface area contributed by atoms with Crippen molar-refractivity contribution in [2.24, 2.45) is 0 Å². The molecule has 0 heterocycles. The van der Waals surface area contributed by atoms with E-state index in [1.807, 2.05) is 0 Å². The van der Waals surface area contributed by atoms with Gasteiger partial charge in [-0.05, 0) is 22.0 Å². The molecule has 0 atom stereocenters. The van der Waals surface area contributed by atoms with E-state index in [2.05, 4.69) is 27.2 Å². The van der Waals surface area contributed by atoms with Crippen LogP contribution in [0.1, 0.15) is 10.4 Å². The number of benzene rings is 1. The SMILES string of the molecule is C#CCNC(=O)c1cccc([N+](=O)[O-])c1Br. The highest BCUT2D eigenvalue weighted by atomic mass is 79.9. The molecule has 1 N–H and O–H groups in total. The smallest absolute Gasteiger partial charge is 0.284 e. The molecule has 1 amide bonds. The maximum absolute atomic E-state index is 11.5. The number of nitrogens with one attached hydrogen (secondary N) is 1. The minimum absolute atomic E-state index is 0.0773. The van der Waals surface area contributed by atoms with Crippen LogP contribution in [-0.4, -0.2) is 17.4 Å². The molecule has 1 aromatic rings. The summed E-state index contributed by atoms with van der Waals surface area (Å²) in [6.07, 6.45) is 4.99. The Morgan fingerprint density at radius 2 is 2.31 bits per heavy atom. The maximum atomic E-state index is 11.5. The molecule has 6 heteroatoms. The Balaban J connectivity index is 3.07. The summed E-state index contributed by atoms with van der Waals surface area (Å²) < 4.78 is 0.148. The molecule has 0 unspecified atom stereocenters. The van der Waals surface area contributed by atoms with Gasteiger partial charge in [-0.2, -0.15) is 0 Å². The van der Waals surface area contributed by atoms with Crippen LogP contribution in [-0.2, 0) is 0 Å². The van der Waals surface area contributed by atoms with Gasteiger partial charge in [0.05, 0.1) is 17.0 Å². The molecule has 0 aliphatic carbocycles. The number of nitro benzene ring substituents is 1. The largest absolute Gasteiger partial charge is 0.341 e. The monoisotopic (exact) mass is 282 g/mol. The van der Waals surface area contributed by atoms with E-state index in [0.717, 1.165) is 0 Å². The summed E-state index contributed by atoms with van der Waals surface area (Å²) in [6, 6.07) is 4.22. The molecule has 0 saturated carbocycles. The lowest BCUT2D eigenvalue weighted by Gasteiger charge is -2.04. The predicted molar refractivity (Wildman–Crippen MR) is 62.0 cm³/mol. The molecule has 82 valence electrons. The standard InChI is InChI=1S/C10H7BrN2O3/c1-2-6-12-10(14)7-4-3-5-8(9(7)11)13(15)16/h1,3-5H,6H2,(H,12,14). The highest BCUT2D eigenvalue weighted by Gasteiger charge is 2.18. The van der Waals surface area contributed by atoms with Gasteiger partial charge in [-0.1, -0.05) is 12.0 Å². The van der Waals surface area contributed by atoms with Crippen LogP contribution < -0.4 is 5.32 Å². The number of carbonyl (C=O) groups is 1. The molecule has 16 heavy (non-hydrogen) atoms.